The summed E-state index contributed by atoms with van der Waals surface area (Å²) in [6.45, 7) is 6.29. The Kier molecular flexibility index (Phi) is 2.95. The molecule has 1 aromatic carbocycles. The summed E-state index contributed by atoms with van der Waals surface area (Å²) in [5, 5.41) is 1.29. The number of allylic oxidation sites excluding steroid dienone is 2. The number of rotatable bonds is 2. The van der Waals surface area contributed by atoms with Crippen molar-refractivity contribution in [1.82, 2.24) is 4.98 Å². The van der Waals surface area contributed by atoms with Gasteiger partial charge in [-0.05, 0) is 32.9 Å². The van der Waals surface area contributed by atoms with Crippen LogP contribution < -0.4 is 0 Å². The average molecular weight is 211 g/mol. The molecule has 0 unspecified atom stereocenters. The highest BCUT2D eigenvalue weighted by Crippen LogP contribution is 2.25. The monoisotopic (exact) mass is 211 g/mol. The molecule has 0 aliphatic carbocycles. The van der Waals surface area contributed by atoms with Gasteiger partial charge in [-0.3, -0.25) is 0 Å². The Balaban J connectivity index is 2.74. The zero-order valence-corrected chi connectivity index (χ0v) is 10.0. The molecule has 0 fully saturated rings. The van der Waals surface area contributed by atoms with Gasteiger partial charge in [0, 0.05) is 22.2 Å². The molecule has 0 aliphatic heterocycles. The largest absolute Gasteiger partial charge is 0.355 e. The third kappa shape index (κ3) is 1.94. The Morgan fingerprint density at radius 3 is 2.62 bits per heavy atom. The lowest BCUT2D eigenvalue weighted by molar-refractivity contribution is 1.39. The number of para-hydroxylation sites is 1. The zero-order valence-electron chi connectivity index (χ0n) is 10.0. The Bertz CT molecular complexity index is 552. The summed E-state index contributed by atoms with van der Waals surface area (Å²) in [4.78, 5) is 3.44. The lowest BCUT2D eigenvalue weighted by Crippen LogP contribution is -1.76. The van der Waals surface area contributed by atoms with Crippen LogP contribution in [0.4, 0.5) is 0 Å². The normalized spacial score (nSPS) is 11.2. The molecule has 1 heteroatoms. The number of fused-ring (bicyclic) bond motifs is 1. The fourth-order valence-corrected chi connectivity index (χ4v) is 1.93. The van der Waals surface area contributed by atoms with Crippen LogP contribution >= 0.6 is 0 Å². The van der Waals surface area contributed by atoms with E-state index in [1.54, 1.807) is 0 Å². The molecular weight excluding hydrogens is 194 g/mol. The molecule has 1 aromatic heterocycles. The summed E-state index contributed by atoms with van der Waals surface area (Å²) < 4.78 is 0. The molecule has 82 valence electrons. The van der Waals surface area contributed by atoms with Crippen LogP contribution in [0.15, 0.2) is 35.9 Å². The molecule has 1 heterocycles. The summed E-state index contributed by atoms with van der Waals surface area (Å²) in [6.07, 6.45) is 6.41. The molecule has 0 spiro atoms. The highest BCUT2D eigenvalue weighted by molar-refractivity contribution is 5.93. The topological polar surface area (TPSA) is 15.8 Å². The smallest absolute Gasteiger partial charge is 0.0464 e. The zero-order chi connectivity index (χ0) is 11.5. The van der Waals surface area contributed by atoms with E-state index in [2.05, 4.69) is 61.3 Å². The molecule has 0 aliphatic rings. The second kappa shape index (κ2) is 4.40. The van der Waals surface area contributed by atoms with E-state index in [9.17, 15) is 0 Å². The summed E-state index contributed by atoms with van der Waals surface area (Å²) >= 11 is 0. The van der Waals surface area contributed by atoms with E-state index < -0.39 is 0 Å². The van der Waals surface area contributed by atoms with E-state index in [4.69, 9.17) is 0 Å². The molecule has 2 aromatic rings. The molecular formula is C15H17N. The summed E-state index contributed by atoms with van der Waals surface area (Å²) in [7, 11) is 0. The second-order valence-electron chi connectivity index (χ2n) is 4.22. The van der Waals surface area contributed by atoms with E-state index in [1.165, 1.54) is 27.7 Å². The minimum absolute atomic E-state index is 1.19. The van der Waals surface area contributed by atoms with Crippen LogP contribution in [-0.4, -0.2) is 4.98 Å². The molecule has 0 saturated heterocycles. The van der Waals surface area contributed by atoms with E-state index >= 15 is 0 Å². The van der Waals surface area contributed by atoms with Crippen LogP contribution in [0.1, 0.15) is 32.0 Å². The van der Waals surface area contributed by atoms with Crippen molar-refractivity contribution in [2.45, 2.75) is 20.8 Å². The quantitative estimate of drug-likeness (QED) is 0.745. The SMILES string of the molecule is C/C=C\c1[nH]c2ccccc2c1C=C(C)C. The van der Waals surface area contributed by atoms with Crippen LogP contribution in [0.5, 0.6) is 0 Å². The molecule has 0 atom stereocenters. The maximum atomic E-state index is 3.44. The van der Waals surface area contributed by atoms with Crippen LogP contribution in [0, 0.1) is 0 Å². The van der Waals surface area contributed by atoms with Crippen molar-refractivity contribution in [2.75, 3.05) is 0 Å². The number of nitrogens with one attached hydrogen (secondary N) is 1. The third-order valence-electron chi connectivity index (χ3n) is 2.54. The summed E-state index contributed by atoms with van der Waals surface area (Å²) in [5.41, 5.74) is 4.98. The molecule has 0 radical (unpaired) electrons. The number of hydrogen-bond donors (Lipinski definition) is 1. The maximum Gasteiger partial charge on any atom is 0.0464 e. The fourth-order valence-electron chi connectivity index (χ4n) is 1.93. The van der Waals surface area contributed by atoms with Crippen molar-refractivity contribution < 1.29 is 0 Å². The molecule has 0 amide bonds. The van der Waals surface area contributed by atoms with E-state index in [0.29, 0.717) is 0 Å². The fraction of sp³-hybridized carbons (Fsp3) is 0.200. The Labute approximate surface area is 96.5 Å². The van der Waals surface area contributed by atoms with Gasteiger partial charge < -0.3 is 4.98 Å². The highest BCUT2D eigenvalue weighted by Gasteiger charge is 2.05. The van der Waals surface area contributed by atoms with Gasteiger partial charge in [-0.15, -0.1) is 0 Å². The maximum absolute atomic E-state index is 3.44. The summed E-state index contributed by atoms with van der Waals surface area (Å²) in [5.74, 6) is 0. The molecule has 16 heavy (non-hydrogen) atoms. The molecule has 1 N–H and O–H groups in total. The van der Waals surface area contributed by atoms with Crippen LogP contribution in [0.25, 0.3) is 23.1 Å². The van der Waals surface area contributed by atoms with Gasteiger partial charge in [0.2, 0.25) is 0 Å². The Morgan fingerprint density at radius 1 is 1.19 bits per heavy atom. The second-order valence-corrected chi connectivity index (χ2v) is 4.22. The van der Waals surface area contributed by atoms with Crippen molar-refractivity contribution in [3.05, 3.63) is 47.2 Å². The standard InChI is InChI=1S/C15H17N/c1-4-7-14-13(10-11(2)3)12-8-5-6-9-15(12)16-14/h4-10,16H,1-3H3/b7-4-. The predicted molar refractivity (Wildman–Crippen MR) is 72.3 cm³/mol. The molecule has 0 saturated carbocycles. The lowest BCUT2D eigenvalue weighted by atomic mass is 10.1. The first-order valence-corrected chi connectivity index (χ1v) is 5.60. The van der Waals surface area contributed by atoms with Gasteiger partial charge in [0.25, 0.3) is 0 Å². The number of aromatic amines is 1. The van der Waals surface area contributed by atoms with E-state index in [1.807, 2.05) is 6.92 Å². The van der Waals surface area contributed by atoms with Crippen LogP contribution in [0.3, 0.4) is 0 Å². The number of hydrogen-bond acceptors (Lipinski definition) is 0. The molecule has 2 rings (SSSR count). The lowest BCUT2D eigenvalue weighted by Gasteiger charge is -1.95. The van der Waals surface area contributed by atoms with Gasteiger partial charge in [-0.2, -0.15) is 0 Å². The Morgan fingerprint density at radius 2 is 1.94 bits per heavy atom. The first-order chi connectivity index (χ1) is 7.72. The molecule has 0 bridgehead atoms. The van der Waals surface area contributed by atoms with Crippen molar-refractivity contribution >= 4 is 23.1 Å². The Hall–Kier alpha value is -1.76. The van der Waals surface area contributed by atoms with Crippen molar-refractivity contribution in [3.8, 4) is 0 Å². The van der Waals surface area contributed by atoms with Crippen molar-refractivity contribution in [2.24, 2.45) is 0 Å². The average Bonchev–Trinajstić information content (AvgIpc) is 2.57. The minimum atomic E-state index is 1.19. The van der Waals surface area contributed by atoms with Gasteiger partial charge in [-0.1, -0.05) is 35.9 Å². The van der Waals surface area contributed by atoms with Gasteiger partial charge >= 0.3 is 0 Å². The van der Waals surface area contributed by atoms with Crippen LogP contribution in [0.2, 0.25) is 0 Å². The third-order valence-corrected chi connectivity index (χ3v) is 2.54. The summed E-state index contributed by atoms with van der Waals surface area (Å²) in [6, 6.07) is 8.42. The molecule has 1 nitrogen and oxygen atoms in total. The predicted octanol–water partition coefficient (Wildman–Crippen LogP) is 4.62. The van der Waals surface area contributed by atoms with Gasteiger partial charge in [0.1, 0.15) is 0 Å². The van der Waals surface area contributed by atoms with Crippen LogP contribution in [-0.2, 0) is 0 Å². The highest BCUT2D eigenvalue weighted by atomic mass is 14.7. The van der Waals surface area contributed by atoms with Gasteiger partial charge in [0.15, 0.2) is 0 Å². The van der Waals surface area contributed by atoms with Gasteiger partial charge in [-0.25, -0.2) is 0 Å². The number of aromatic nitrogens is 1. The van der Waals surface area contributed by atoms with Crippen molar-refractivity contribution in [1.29, 1.82) is 0 Å². The number of H-pyrrole nitrogens is 1. The van der Waals surface area contributed by atoms with E-state index in [-0.39, 0.29) is 0 Å². The first-order valence-electron chi connectivity index (χ1n) is 5.60. The minimum Gasteiger partial charge on any atom is -0.355 e. The van der Waals surface area contributed by atoms with Gasteiger partial charge in [0.05, 0.1) is 0 Å². The van der Waals surface area contributed by atoms with Crippen molar-refractivity contribution in [3.63, 3.8) is 0 Å². The van der Waals surface area contributed by atoms with E-state index in [0.717, 1.165) is 0 Å². The number of benzene rings is 1. The first kappa shape index (κ1) is 10.7.